The molecule has 0 bridgehead atoms. The summed E-state index contributed by atoms with van der Waals surface area (Å²) in [7, 11) is -1.22. The monoisotopic (exact) mass is 492 g/mol. The number of guanidine groups is 1. The van der Waals surface area contributed by atoms with Crippen LogP contribution in [-0.4, -0.2) is 44.0 Å². The second-order valence-corrected chi connectivity index (χ2v) is 8.83. The molecule has 1 aliphatic rings. The fourth-order valence-electron chi connectivity index (χ4n) is 2.59. The number of rotatable bonds is 4. The third-order valence-electron chi connectivity index (χ3n) is 3.83. The molecule has 1 aromatic carbocycles. The average Bonchev–Trinajstić information content (AvgIpc) is 3.18. The van der Waals surface area contributed by atoms with Gasteiger partial charge in [-0.25, -0.2) is 13.4 Å². The van der Waals surface area contributed by atoms with Crippen LogP contribution in [0, 0.1) is 0 Å². The zero-order valence-corrected chi connectivity index (χ0v) is 17.8. The van der Waals surface area contributed by atoms with Crippen molar-refractivity contribution in [1.29, 1.82) is 0 Å². The number of nitrogens with zero attached hydrogens (tertiary/aromatic N) is 2. The van der Waals surface area contributed by atoms with Gasteiger partial charge in [-0.05, 0) is 6.42 Å². The third kappa shape index (κ3) is 5.65. The maximum absolute atomic E-state index is 11.5. The molecule has 6 nitrogen and oxygen atoms in total. The van der Waals surface area contributed by atoms with Crippen LogP contribution in [0.2, 0.25) is 0 Å². The van der Waals surface area contributed by atoms with E-state index in [1.165, 1.54) is 0 Å². The van der Waals surface area contributed by atoms with E-state index in [4.69, 9.17) is 0 Å². The van der Waals surface area contributed by atoms with Gasteiger partial charge >= 0.3 is 0 Å². The van der Waals surface area contributed by atoms with E-state index in [1.54, 1.807) is 18.4 Å². The summed E-state index contributed by atoms with van der Waals surface area (Å²) in [6, 6.07) is 9.97. The Morgan fingerprint density at radius 3 is 2.76 bits per heavy atom. The van der Waals surface area contributed by atoms with Crippen LogP contribution in [0.25, 0.3) is 11.3 Å². The van der Waals surface area contributed by atoms with Crippen LogP contribution in [0.3, 0.4) is 0 Å². The van der Waals surface area contributed by atoms with Gasteiger partial charge in [0.05, 0.1) is 23.7 Å². The summed E-state index contributed by atoms with van der Waals surface area (Å²) in [4.78, 5) is 8.77. The first-order valence-electron chi connectivity index (χ1n) is 7.73. The number of nitrogens with one attached hydrogen (secondary N) is 2. The van der Waals surface area contributed by atoms with E-state index < -0.39 is 9.84 Å². The molecule has 1 unspecified atom stereocenters. The minimum absolute atomic E-state index is 0. The molecule has 2 aromatic rings. The quantitative estimate of drug-likeness (QED) is 0.389. The maximum Gasteiger partial charge on any atom is 0.191 e. The molecule has 0 radical (unpaired) electrons. The molecule has 3 rings (SSSR count). The van der Waals surface area contributed by atoms with E-state index >= 15 is 0 Å². The summed E-state index contributed by atoms with van der Waals surface area (Å²) in [6.07, 6.45) is 0.623. The Kier molecular flexibility index (Phi) is 7.20. The number of benzene rings is 1. The molecule has 1 fully saturated rings. The largest absolute Gasteiger partial charge is 0.353 e. The molecular formula is C16H21IN4O2S2. The number of aliphatic imine (C=N–C) groups is 1. The molecule has 0 saturated carbocycles. The van der Waals surface area contributed by atoms with E-state index in [-0.39, 0.29) is 41.5 Å². The zero-order chi connectivity index (χ0) is 17.0. The molecule has 2 N–H and O–H groups in total. The highest BCUT2D eigenvalue weighted by molar-refractivity contribution is 14.0. The maximum atomic E-state index is 11.5. The molecule has 1 atom stereocenters. The lowest BCUT2D eigenvalue weighted by Gasteiger charge is -2.15. The molecule has 0 aliphatic carbocycles. The number of sulfone groups is 1. The fraction of sp³-hybridized carbons (Fsp3) is 0.375. The van der Waals surface area contributed by atoms with Gasteiger partial charge in [0.2, 0.25) is 0 Å². The first kappa shape index (κ1) is 20.1. The van der Waals surface area contributed by atoms with Crippen molar-refractivity contribution in [2.24, 2.45) is 4.99 Å². The van der Waals surface area contributed by atoms with Crippen molar-refractivity contribution in [3.8, 4) is 11.3 Å². The van der Waals surface area contributed by atoms with Crippen LogP contribution in [0.4, 0.5) is 0 Å². The first-order chi connectivity index (χ1) is 11.6. The first-order valence-corrected chi connectivity index (χ1v) is 10.4. The minimum Gasteiger partial charge on any atom is -0.353 e. The van der Waals surface area contributed by atoms with Crippen molar-refractivity contribution in [2.75, 3.05) is 18.6 Å². The highest BCUT2D eigenvalue weighted by Gasteiger charge is 2.28. The van der Waals surface area contributed by atoms with E-state index in [9.17, 15) is 8.42 Å². The summed E-state index contributed by atoms with van der Waals surface area (Å²) in [5.41, 5.74) is 2.06. The average molecular weight is 492 g/mol. The SMILES string of the molecule is CN=C(NCc1nc(-c2ccccc2)cs1)NC1CCS(=O)(=O)C1.I. The van der Waals surface area contributed by atoms with Crippen molar-refractivity contribution >= 4 is 51.1 Å². The number of aromatic nitrogens is 1. The van der Waals surface area contributed by atoms with Crippen LogP contribution in [0.15, 0.2) is 40.7 Å². The Hall–Kier alpha value is -1.20. The molecule has 2 heterocycles. The minimum atomic E-state index is -2.90. The molecule has 1 saturated heterocycles. The molecule has 0 amide bonds. The summed E-state index contributed by atoms with van der Waals surface area (Å²) < 4.78 is 23.0. The number of halogens is 1. The van der Waals surface area contributed by atoms with Crippen LogP contribution in [0.5, 0.6) is 0 Å². The van der Waals surface area contributed by atoms with Crippen LogP contribution >= 0.6 is 35.3 Å². The smallest absolute Gasteiger partial charge is 0.191 e. The van der Waals surface area contributed by atoms with E-state index in [2.05, 4.69) is 20.6 Å². The Morgan fingerprint density at radius 2 is 2.12 bits per heavy atom. The van der Waals surface area contributed by atoms with Gasteiger partial charge in [-0.1, -0.05) is 30.3 Å². The lowest BCUT2D eigenvalue weighted by molar-refractivity contribution is 0.599. The Balaban J connectivity index is 0.00000225. The lowest BCUT2D eigenvalue weighted by atomic mass is 10.2. The van der Waals surface area contributed by atoms with Crippen LogP contribution < -0.4 is 10.6 Å². The van der Waals surface area contributed by atoms with Crippen molar-refractivity contribution in [3.63, 3.8) is 0 Å². The van der Waals surface area contributed by atoms with Crippen molar-refractivity contribution in [3.05, 3.63) is 40.7 Å². The van der Waals surface area contributed by atoms with Crippen molar-refractivity contribution in [2.45, 2.75) is 19.0 Å². The predicted molar refractivity (Wildman–Crippen MR) is 113 cm³/mol. The topological polar surface area (TPSA) is 83.4 Å². The molecule has 9 heteroatoms. The van der Waals surface area contributed by atoms with Gasteiger partial charge in [-0.15, -0.1) is 35.3 Å². The van der Waals surface area contributed by atoms with Crippen molar-refractivity contribution < 1.29 is 8.42 Å². The fourth-order valence-corrected chi connectivity index (χ4v) is 5.01. The summed E-state index contributed by atoms with van der Waals surface area (Å²) >= 11 is 1.59. The summed E-state index contributed by atoms with van der Waals surface area (Å²) in [6.45, 7) is 0.552. The second-order valence-electron chi connectivity index (χ2n) is 5.66. The van der Waals surface area contributed by atoms with Gasteiger partial charge in [0, 0.05) is 24.0 Å². The van der Waals surface area contributed by atoms with E-state index in [0.717, 1.165) is 16.3 Å². The Bertz CT molecular complexity index is 822. The number of hydrogen-bond donors (Lipinski definition) is 2. The summed E-state index contributed by atoms with van der Waals surface area (Å²) in [5, 5.41) is 9.35. The normalized spacial score (nSPS) is 19.2. The van der Waals surface area contributed by atoms with E-state index in [1.807, 2.05) is 35.7 Å². The molecule has 25 heavy (non-hydrogen) atoms. The number of thiazole rings is 1. The second kappa shape index (κ2) is 8.95. The zero-order valence-electron chi connectivity index (χ0n) is 13.8. The van der Waals surface area contributed by atoms with Gasteiger partial charge in [-0.2, -0.15) is 0 Å². The van der Waals surface area contributed by atoms with Crippen molar-refractivity contribution in [1.82, 2.24) is 15.6 Å². The lowest BCUT2D eigenvalue weighted by Crippen LogP contribution is -2.43. The molecular weight excluding hydrogens is 471 g/mol. The highest BCUT2D eigenvalue weighted by Crippen LogP contribution is 2.21. The molecule has 1 aromatic heterocycles. The number of hydrogen-bond acceptors (Lipinski definition) is 5. The standard InChI is InChI=1S/C16H20N4O2S2.HI/c1-17-16(19-13-7-8-24(21,22)11-13)18-9-15-20-14(10-23-15)12-5-3-2-4-6-12;/h2-6,10,13H,7-9,11H2,1H3,(H2,17,18,19);1H. The molecule has 136 valence electrons. The third-order valence-corrected chi connectivity index (χ3v) is 6.44. The van der Waals surface area contributed by atoms with Gasteiger partial charge < -0.3 is 10.6 Å². The molecule has 1 aliphatic heterocycles. The Labute approximate surface area is 169 Å². The van der Waals surface area contributed by atoms with Gasteiger partial charge in [0.15, 0.2) is 15.8 Å². The van der Waals surface area contributed by atoms with Gasteiger partial charge in [0.25, 0.3) is 0 Å². The summed E-state index contributed by atoms with van der Waals surface area (Å²) in [5.74, 6) is 1.02. The molecule has 0 spiro atoms. The van der Waals surface area contributed by atoms with Crippen LogP contribution in [0.1, 0.15) is 11.4 Å². The van der Waals surface area contributed by atoms with Crippen LogP contribution in [-0.2, 0) is 16.4 Å². The highest BCUT2D eigenvalue weighted by atomic mass is 127. The van der Waals surface area contributed by atoms with Gasteiger partial charge in [-0.3, -0.25) is 4.99 Å². The predicted octanol–water partition coefficient (Wildman–Crippen LogP) is 2.28. The van der Waals surface area contributed by atoms with E-state index in [0.29, 0.717) is 18.9 Å². The Morgan fingerprint density at radius 1 is 1.36 bits per heavy atom. The van der Waals surface area contributed by atoms with Gasteiger partial charge in [0.1, 0.15) is 5.01 Å².